The standard InChI is InChI=1S/C12H15NO4S/c1-8-2-4-9(5-3-8)18(16,17)11-7-13-6-10(11)12(14)15/h2-5,10-11,13H,6-7H2,1H3,(H,14,15). The van der Waals surface area contributed by atoms with Gasteiger partial charge in [0.25, 0.3) is 0 Å². The molecule has 0 bridgehead atoms. The SMILES string of the molecule is Cc1ccc(S(=O)(=O)C2CNCC2C(=O)O)cc1. The van der Waals surface area contributed by atoms with E-state index in [9.17, 15) is 13.2 Å². The fraction of sp³-hybridized carbons (Fsp3) is 0.417. The van der Waals surface area contributed by atoms with Gasteiger partial charge in [-0.15, -0.1) is 0 Å². The normalized spacial score (nSPS) is 24.1. The summed E-state index contributed by atoms with van der Waals surface area (Å²) in [6.45, 7) is 2.26. The summed E-state index contributed by atoms with van der Waals surface area (Å²) < 4.78 is 24.7. The second kappa shape index (κ2) is 4.70. The van der Waals surface area contributed by atoms with Crippen LogP contribution in [0, 0.1) is 12.8 Å². The largest absolute Gasteiger partial charge is 0.481 e. The molecule has 1 aliphatic heterocycles. The van der Waals surface area contributed by atoms with Gasteiger partial charge in [0.1, 0.15) is 0 Å². The van der Waals surface area contributed by atoms with Gasteiger partial charge in [0, 0.05) is 13.1 Å². The topological polar surface area (TPSA) is 83.5 Å². The van der Waals surface area contributed by atoms with Gasteiger partial charge in [0.2, 0.25) is 0 Å². The molecule has 0 radical (unpaired) electrons. The maximum atomic E-state index is 12.4. The first-order chi connectivity index (χ1) is 8.43. The summed E-state index contributed by atoms with van der Waals surface area (Å²) >= 11 is 0. The van der Waals surface area contributed by atoms with Crippen LogP contribution in [-0.2, 0) is 14.6 Å². The molecule has 1 aliphatic rings. The van der Waals surface area contributed by atoms with E-state index in [2.05, 4.69) is 5.32 Å². The van der Waals surface area contributed by atoms with E-state index in [-0.39, 0.29) is 18.0 Å². The molecule has 0 aliphatic carbocycles. The Morgan fingerprint density at radius 3 is 2.44 bits per heavy atom. The summed E-state index contributed by atoms with van der Waals surface area (Å²) in [5, 5.41) is 11.0. The van der Waals surface area contributed by atoms with Crippen LogP contribution in [0.5, 0.6) is 0 Å². The lowest BCUT2D eigenvalue weighted by molar-refractivity contribution is -0.140. The Balaban J connectivity index is 2.36. The molecule has 2 unspecified atom stereocenters. The molecule has 1 heterocycles. The van der Waals surface area contributed by atoms with E-state index in [1.165, 1.54) is 12.1 Å². The molecule has 2 rings (SSSR count). The van der Waals surface area contributed by atoms with Crippen molar-refractivity contribution in [3.05, 3.63) is 29.8 Å². The molecule has 18 heavy (non-hydrogen) atoms. The van der Waals surface area contributed by atoms with Gasteiger partial charge in [-0.3, -0.25) is 4.79 Å². The molecular formula is C12H15NO4S. The number of benzene rings is 1. The Bertz CT molecular complexity index is 550. The minimum atomic E-state index is -3.59. The van der Waals surface area contributed by atoms with Crippen LogP contribution >= 0.6 is 0 Å². The summed E-state index contributed by atoms with van der Waals surface area (Å²) in [7, 11) is -3.59. The maximum Gasteiger partial charge on any atom is 0.309 e. The first kappa shape index (κ1) is 13.0. The van der Waals surface area contributed by atoms with Crippen LogP contribution in [0.3, 0.4) is 0 Å². The summed E-state index contributed by atoms with van der Waals surface area (Å²) in [6, 6.07) is 6.49. The second-order valence-electron chi connectivity index (χ2n) is 4.50. The molecule has 1 aromatic carbocycles. The Morgan fingerprint density at radius 2 is 1.89 bits per heavy atom. The van der Waals surface area contributed by atoms with E-state index in [1.54, 1.807) is 12.1 Å². The number of aryl methyl sites for hydroxylation is 1. The Labute approximate surface area is 106 Å². The number of hydrogen-bond acceptors (Lipinski definition) is 4. The van der Waals surface area contributed by atoms with E-state index in [0.29, 0.717) is 0 Å². The number of carboxylic acids is 1. The van der Waals surface area contributed by atoms with Crippen molar-refractivity contribution >= 4 is 15.8 Å². The van der Waals surface area contributed by atoms with E-state index >= 15 is 0 Å². The quantitative estimate of drug-likeness (QED) is 0.832. The molecule has 1 aromatic rings. The zero-order chi connectivity index (χ0) is 13.3. The first-order valence-corrected chi connectivity index (χ1v) is 7.21. The number of aliphatic carboxylic acids is 1. The smallest absolute Gasteiger partial charge is 0.309 e. The zero-order valence-corrected chi connectivity index (χ0v) is 10.8. The van der Waals surface area contributed by atoms with E-state index in [0.717, 1.165) is 5.56 Å². The van der Waals surface area contributed by atoms with Crippen LogP contribution in [0.1, 0.15) is 5.56 Å². The second-order valence-corrected chi connectivity index (χ2v) is 6.67. The summed E-state index contributed by atoms with van der Waals surface area (Å²) in [5.41, 5.74) is 0.966. The van der Waals surface area contributed by atoms with Crippen LogP contribution in [0.4, 0.5) is 0 Å². The summed E-state index contributed by atoms with van der Waals surface area (Å²) in [6.07, 6.45) is 0. The maximum absolute atomic E-state index is 12.4. The number of sulfone groups is 1. The Hall–Kier alpha value is -1.40. The average Bonchev–Trinajstić information content (AvgIpc) is 2.79. The van der Waals surface area contributed by atoms with Crippen molar-refractivity contribution in [3.8, 4) is 0 Å². The van der Waals surface area contributed by atoms with Crippen LogP contribution in [0.25, 0.3) is 0 Å². The van der Waals surface area contributed by atoms with E-state index < -0.39 is 27.0 Å². The van der Waals surface area contributed by atoms with Crippen molar-refractivity contribution in [2.45, 2.75) is 17.1 Å². The monoisotopic (exact) mass is 269 g/mol. The van der Waals surface area contributed by atoms with Crippen LogP contribution in [-0.4, -0.2) is 37.8 Å². The number of nitrogens with one attached hydrogen (secondary N) is 1. The highest BCUT2D eigenvalue weighted by Crippen LogP contribution is 2.24. The summed E-state index contributed by atoms with van der Waals surface area (Å²) in [5.74, 6) is -1.95. The zero-order valence-electron chi connectivity index (χ0n) is 9.96. The predicted octanol–water partition coefficient (Wildman–Crippen LogP) is 0.441. The molecule has 0 aromatic heterocycles. The molecule has 98 valence electrons. The molecule has 5 nitrogen and oxygen atoms in total. The van der Waals surface area contributed by atoms with Crippen molar-refractivity contribution in [2.24, 2.45) is 5.92 Å². The van der Waals surface area contributed by atoms with Crippen molar-refractivity contribution in [1.82, 2.24) is 5.32 Å². The highest BCUT2D eigenvalue weighted by Gasteiger charge is 2.42. The van der Waals surface area contributed by atoms with E-state index in [4.69, 9.17) is 5.11 Å². The highest BCUT2D eigenvalue weighted by molar-refractivity contribution is 7.92. The molecular weight excluding hydrogens is 254 g/mol. The lowest BCUT2D eigenvalue weighted by Crippen LogP contribution is -2.33. The highest BCUT2D eigenvalue weighted by atomic mass is 32.2. The van der Waals surface area contributed by atoms with Gasteiger partial charge < -0.3 is 10.4 Å². The number of carboxylic acid groups (broad SMARTS) is 1. The molecule has 0 amide bonds. The number of carbonyl (C=O) groups is 1. The van der Waals surface area contributed by atoms with Crippen molar-refractivity contribution in [1.29, 1.82) is 0 Å². The third-order valence-electron chi connectivity index (χ3n) is 3.22. The fourth-order valence-corrected chi connectivity index (χ4v) is 3.98. The lowest BCUT2D eigenvalue weighted by Gasteiger charge is -2.15. The average molecular weight is 269 g/mol. The van der Waals surface area contributed by atoms with Crippen molar-refractivity contribution in [2.75, 3.05) is 13.1 Å². The van der Waals surface area contributed by atoms with Crippen LogP contribution in [0.15, 0.2) is 29.2 Å². The predicted molar refractivity (Wildman–Crippen MR) is 66.1 cm³/mol. The summed E-state index contributed by atoms with van der Waals surface area (Å²) in [4.78, 5) is 11.2. The molecule has 2 atom stereocenters. The Morgan fingerprint density at radius 1 is 1.28 bits per heavy atom. The van der Waals surface area contributed by atoms with Gasteiger partial charge in [-0.1, -0.05) is 17.7 Å². The fourth-order valence-electron chi connectivity index (χ4n) is 2.13. The number of hydrogen-bond donors (Lipinski definition) is 2. The van der Waals surface area contributed by atoms with Crippen molar-refractivity contribution in [3.63, 3.8) is 0 Å². The van der Waals surface area contributed by atoms with Gasteiger partial charge in [-0.2, -0.15) is 0 Å². The first-order valence-electron chi connectivity index (χ1n) is 5.67. The van der Waals surface area contributed by atoms with Gasteiger partial charge >= 0.3 is 5.97 Å². The minimum absolute atomic E-state index is 0.188. The van der Waals surface area contributed by atoms with Crippen LogP contribution < -0.4 is 5.32 Å². The molecule has 1 fully saturated rings. The third-order valence-corrected chi connectivity index (χ3v) is 5.45. The molecule has 2 N–H and O–H groups in total. The molecule has 6 heteroatoms. The lowest BCUT2D eigenvalue weighted by atomic mass is 10.1. The number of rotatable bonds is 3. The minimum Gasteiger partial charge on any atom is -0.481 e. The van der Waals surface area contributed by atoms with Gasteiger partial charge in [0.15, 0.2) is 9.84 Å². The van der Waals surface area contributed by atoms with Gasteiger partial charge in [-0.05, 0) is 19.1 Å². The third kappa shape index (κ3) is 2.26. The molecule has 0 spiro atoms. The van der Waals surface area contributed by atoms with Crippen LogP contribution in [0.2, 0.25) is 0 Å². The van der Waals surface area contributed by atoms with Gasteiger partial charge in [-0.25, -0.2) is 8.42 Å². The Kier molecular flexibility index (Phi) is 3.41. The molecule has 0 saturated carbocycles. The molecule has 1 saturated heterocycles. The van der Waals surface area contributed by atoms with Gasteiger partial charge in [0.05, 0.1) is 16.1 Å². The van der Waals surface area contributed by atoms with Crippen molar-refractivity contribution < 1.29 is 18.3 Å². The van der Waals surface area contributed by atoms with E-state index in [1.807, 2.05) is 6.92 Å².